The number of halogens is 1. The van der Waals surface area contributed by atoms with Gasteiger partial charge in [0.25, 0.3) is 6.02 Å². The van der Waals surface area contributed by atoms with E-state index in [2.05, 4.69) is 10.3 Å². The van der Waals surface area contributed by atoms with E-state index in [4.69, 9.17) is 16.3 Å². The molecule has 0 aliphatic carbocycles. The first kappa shape index (κ1) is 12.1. The third kappa shape index (κ3) is 2.88. The Balaban J connectivity index is 1.65. The first-order valence-corrected chi connectivity index (χ1v) is 6.48. The number of hydrogen-bond donors (Lipinski definition) is 1. The third-order valence-electron chi connectivity index (χ3n) is 2.92. The van der Waals surface area contributed by atoms with Gasteiger partial charge >= 0.3 is 0 Å². The topological polar surface area (TPSA) is 33.6 Å². The number of rotatable bonds is 2. The monoisotopic (exact) mass is 272 g/mol. The number of nitrogens with zero attached hydrogens (tertiary/aromatic N) is 1. The minimum Gasteiger partial charge on any atom is -0.455 e. The fourth-order valence-corrected chi connectivity index (χ4v) is 2.07. The second-order valence-corrected chi connectivity index (χ2v) is 4.73. The Kier molecular flexibility index (Phi) is 3.38. The molecular formula is C15H13ClN2O. The number of nitrogens with one attached hydrogen (secondary N) is 1. The van der Waals surface area contributed by atoms with Crippen molar-refractivity contribution in [3.05, 3.63) is 65.2 Å². The van der Waals surface area contributed by atoms with Crippen LogP contribution in [0.4, 0.5) is 5.69 Å². The van der Waals surface area contributed by atoms with E-state index < -0.39 is 0 Å². The number of amidine groups is 1. The van der Waals surface area contributed by atoms with Gasteiger partial charge in [0.15, 0.2) is 0 Å². The minimum atomic E-state index is -0.0384. The van der Waals surface area contributed by atoms with Gasteiger partial charge in [-0.2, -0.15) is 0 Å². The molecule has 1 aliphatic heterocycles. The molecule has 0 spiro atoms. The maximum absolute atomic E-state index is 5.87. The van der Waals surface area contributed by atoms with Crippen LogP contribution in [0.1, 0.15) is 11.7 Å². The molecule has 1 N–H and O–H groups in total. The smallest absolute Gasteiger partial charge is 0.290 e. The molecule has 0 bridgehead atoms. The van der Waals surface area contributed by atoms with Crippen molar-refractivity contribution in [1.29, 1.82) is 0 Å². The van der Waals surface area contributed by atoms with Gasteiger partial charge in [-0.25, -0.2) is 4.99 Å². The van der Waals surface area contributed by atoms with Gasteiger partial charge < -0.3 is 10.1 Å². The lowest BCUT2D eigenvalue weighted by Gasteiger charge is -2.12. The highest BCUT2D eigenvalue weighted by atomic mass is 35.5. The Morgan fingerprint density at radius 2 is 1.79 bits per heavy atom. The van der Waals surface area contributed by atoms with Gasteiger partial charge in [-0.05, 0) is 29.8 Å². The molecule has 0 fully saturated rings. The van der Waals surface area contributed by atoms with Crippen LogP contribution in [0.15, 0.2) is 59.6 Å². The van der Waals surface area contributed by atoms with E-state index in [0.717, 1.165) is 16.3 Å². The van der Waals surface area contributed by atoms with E-state index in [-0.39, 0.29) is 6.10 Å². The standard InChI is InChI=1S/C15H13ClN2O/c16-12-8-6-11(7-9-12)14-10-17-15(19-14)18-13-4-2-1-3-5-13/h1-9,14H,10H2,(H,17,18)/t14-/m1/s1. The summed E-state index contributed by atoms with van der Waals surface area (Å²) in [6.45, 7) is 0.622. The molecule has 0 saturated heterocycles. The molecule has 0 saturated carbocycles. The van der Waals surface area contributed by atoms with Gasteiger partial charge in [0.1, 0.15) is 6.10 Å². The lowest BCUT2D eigenvalue weighted by Crippen LogP contribution is -2.13. The average molecular weight is 273 g/mol. The van der Waals surface area contributed by atoms with Gasteiger partial charge in [-0.15, -0.1) is 0 Å². The van der Waals surface area contributed by atoms with Crippen LogP contribution >= 0.6 is 11.6 Å². The molecule has 2 aromatic rings. The highest BCUT2D eigenvalue weighted by Gasteiger charge is 2.21. The predicted octanol–water partition coefficient (Wildman–Crippen LogP) is 3.88. The van der Waals surface area contributed by atoms with Crippen molar-refractivity contribution < 1.29 is 4.74 Å². The van der Waals surface area contributed by atoms with E-state index in [1.54, 1.807) is 0 Å². The van der Waals surface area contributed by atoms with Crippen LogP contribution in [0.3, 0.4) is 0 Å². The van der Waals surface area contributed by atoms with Crippen LogP contribution in [0.5, 0.6) is 0 Å². The number of aliphatic imine (C=N–C) groups is 1. The van der Waals surface area contributed by atoms with Crippen LogP contribution in [-0.2, 0) is 4.74 Å². The Morgan fingerprint density at radius 1 is 1.05 bits per heavy atom. The van der Waals surface area contributed by atoms with Gasteiger partial charge in [0, 0.05) is 10.7 Å². The Labute approximate surface area is 116 Å². The van der Waals surface area contributed by atoms with Crippen LogP contribution in [-0.4, -0.2) is 12.6 Å². The molecule has 96 valence electrons. The largest absolute Gasteiger partial charge is 0.455 e. The molecular weight excluding hydrogens is 260 g/mol. The molecule has 0 aromatic heterocycles. The number of benzene rings is 2. The summed E-state index contributed by atoms with van der Waals surface area (Å²) in [4.78, 5) is 4.36. The highest BCUT2D eigenvalue weighted by Crippen LogP contribution is 2.24. The zero-order chi connectivity index (χ0) is 13.1. The summed E-state index contributed by atoms with van der Waals surface area (Å²) in [7, 11) is 0. The average Bonchev–Trinajstić information content (AvgIpc) is 2.89. The summed E-state index contributed by atoms with van der Waals surface area (Å²) in [6.07, 6.45) is -0.0384. The summed E-state index contributed by atoms with van der Waals surface area (Å²) in [5.74, 6) is 0. The molecule has 0 radical (unpaired) electrons. The van der Waals surface area contributed by atoms with Gasteiger partial charge in [-0.3, -0.25) is 0 Å². The Bertz CT molecular complexity index is 581. The summed E-state index contributed by atoms with van der Waals surface area (Å²) in [5, 5.41) is 3.88. The molecule has 1 heterocycles. The molecule has 2 aromatic carbocycles. The summed E-state index contributed by atoms with van der Waals surface area (Å²) in [6, 6.07) is 18.1. The molecule has 1 aliphatic rings. The molecule has 19 heavy (non-hydrogen) atoms. The maximum atomic E-state index is 5.87. The van der Waals surface area contributed by atoms with Gasteiger partial charge in [0.2, 0.25) is 0 Å². The number of ether oxygens (including phenoxy) is 1. The van der Waals surface area contributed by atoms with Gasteiger partial charge in [-0.1, -0.05) is 41.9 Å². The maximum Gasteiger partial charge on any atom is 0.290 e. The predicted molar refractivity (Wildman–Crippen MR) is 77.6 cm³/mol. The summed E-state index contributed by atoms with van der Waals surface area (Å²) >= 11 is 5.87. The number of hydrogen-bond acceptors (Lipinski definition) is 3. The first-order valence-electron chi connectivity index (χ1n) is 6.10. The van der Waals surface area contributed by atoms with Crippen molar-refractivity contribution in [2.24, 2.45) is 4.99 Å². The van der Waals surface area contributed by atoms with Crippen LogP contribution in [0.2, 0.25) is 5.02 Å². The van der Waals surface area contributed by atoms with Crippen LogP contribution in [0, 0.1) is 0 Å². The fraction of sp³-hybridized carbons (Fsp3) is 0.133. The lowest BCUT2D eigenvalue weighted by molar-refractivity contribution is 0.229. The van der Waals surface area contributed by atoms with Crippen molar-refractivity contribution in [2.75, 3.05) is 11.9 Å². The quantitative estimate of drug-likeness (QED) is 0.900. The zero-order valence-electron chi connectivity index (χ0n) is 10.2. The fourth-order valence-electron chi connectivity index (χ4n) is 1.94. The van der Waals surface area contributed by atoms with E-state index in [1.807, 2.05) is 54.6 Å². The zero-order valence-corrected chi connectivity index (χ0v) is 11.0. The molecule has 0 amide bonds. The van der Waals surface area contributed by atoms with E-state index >= 15 is 0 Å². The Hall–Kier alpha value is -2.00. The molecule has 4 heteroatoms. The van der Waals surface area contributed by atoms with Crippen LogP contribution in [0.25, 0.3) is 0 Å². The van der Waals surface area contributed by atoms with Crippen molar-refractivity contribution >= 4 is 23.3 Å². The van der Waals surface area contributed by atoms with Crippen molar-refractivity contribution in [1.82, 2.24) is 0 Å². The SMILES string of the molecule is Clc1ccc([C@H]2CN=C(Nc3ccccc3)O2)cc1. The van der Waals surface area contributed by atoms with Gasteiger partial charge in [0.05, 0.1) is 6.54 Å². The summed E-state index contributed by atoms with van der Waals surface area (Å²) in [5.41, 5.74) is 2.05. The van der Waals surface area contributed by atoms with Crippen molar-refractivity contribution in [3.8, 4) is 0 Å². The normalized spacial score (nSPS) is 17.7. The van der Waals surface area contributed by atoms with E-state index in [9.17, 15) is 0 Å². The van der Waals surface area contributed by atoms with Crippen molar-refractivity contribution in [3.63, 3.8) is 0 Å². The first-order chi connectivity index (χ1) is 9.31. The highest BCUT2D eigenvalue weighted by molar-refractivity contribution is 6.30. The number of anilines is 1. The van der Waals surface area contributed by atoms with E-state index in [1.165, 1.54) is 0 Å². The second-order valence-electron chi connectivity index (χ2n) is 4.29. The van der Waals surface area contributed by atoms with E-state index in [0.29, 0.717) is 12.6 Å². The lowest BCUT2D eigenvalue weighted by atomic mass is 10.1. The van der Waals surface area contributed by atoms with Crippen molar-refractivity contribution in [2.45, 2.75) is 6.10 Å². The molecule has 3 nitrogen and oxygen atoms in total. The minimum absolute atomic E-state index is 0.0384. The number of para-hydroxylation sites is 1. The Morgan fingerprint density at radius 3 is 2.53 bits per heavy atom. The molecule has 1 atom stereocenters. The van der Waals surface area contributed by atoms with Crippen LogP contribution < -0.4 is 5.32 Å². The second kappa shape index (κ2) is 5.33. The summed E-state index contributed by atoms with van der Waals surface area (Å²) < 4.78 is 5.79. The molecule has 3 rings (SSSR count). The third-order valence-corrected chi connectivity index (χ3v) is 3.17. The molecule has 0 unspecified atom stereocenters.